The molecule has 1 fully saturated rings. The summed E-state index contributed by atoms with van der Waals surface area (Å²) >= 11 is 0. The minimum Gasteiger partial charge on any atom is -0.496 e. The molecule has 19 heavy (non-hydrogen) atoms. The zero-order valence-corrected chi connectivity index (χ0v) is 12.3. The molecule has 0 radical (unpaired) electrons. The fraction of sp³-hybridized carbons (Fsp3) is 0.625. The van der Waals surface area contributed by atoms with Crippen LogP contribution in [-0.2, 0) is 10.3 Å². The Bertz CT molecular complexity index is 456. The number of methoxy groups -OCH3 is 2. The lowest BCUT2D eigenvalue weighted by molar-refractivity contribution is -0.0645. The molecule has 1 aromatic carbocycles. The van der Waals surface area contributed by atoms with E-state index >= 15 is 0 Å². The van der Waals surface area contributed by atoms with Crippen molar-refractivity contribution in [2.45, 2.75) is 51.2 Å². The molecule has 1 N–H and O–H groups in total. The Morgan fingerprint density at radius 3 is 2.63 bits per heavy atom. The van der Waals surface area contributed by atoms with Crippen molar-refractivity contribution in [3.63, 3.8) is 0 Å². The van der Waals surface area contributed by atoms with Crippen molar-refractivity contribution in [1.82, 2.24) is 0 Å². The topological polar surface area (TPSA) is 38.7 Å². The molecule has 0 heterocycles. The molecule has 3 nitrogen and oxygen atoms in total. The lowest BCUT2D eigenvalue weighted by Gasteiger charge is -2.38. The van der Waals surface area contributed by atoms with Gasteiger partial charge in [-0.05, 0) is 50.3 Å². The van der Waals surface area contributed by atoms with Crippen LogP contribution in [0.1, 0.15) is 42.4 Å². The van der Waals surface area contributed by atoms with Gasteiger partial charge in [0.25, 0.3) is 0 Å². The van der Waals surface area contributed by atoms with Gasteiger partial charge in [0, 0.05) is 19.1 Å². The van der Waals surface area contributed by atoms with Crippen LogP contribution in [0.15, 0.2) is 12.1 Å². The van der Waals surface area contributed by atoms with Gasteiger partial charge in [-0.15, -0.1) is 0 Å². The van der Waals surface area contributed by atoms with Crippen LogP contribution < -0.4 is 4.74 Å². The summed E-state index contributed by atoms with van der Waals surface area (Å²) in [5.74, 6) is 0.789. The fourth-order valence-electron chi connectivity index (χ4n) is 3.32. The molecule has 2 atom stereocenters. The smallest absolute Gasteiger partial charge is 0.125 e. The highest BCUT2D eigenvalue weighted by Crippen LogP contribution is 2.43. The van der Waals surface area contributed by atoms with E-state index in [4.69, 9.17) is 9.47 Å². The molecular formula is C16H24O3. The summed E-state index contributed by atoms with van der Waals surface area (Å²) < 4.78 is 10.9. The fourth-order valence-corrected chi connectivity index (χ4v) is 3.32. The quantitative estimate of drug-likeness (QED) is 0.911. The van der Waals surface area contributed by atoms with Gasteiger partial charge in [-0.2, -0.15) is 0 Å². The van der Waals surface area contributed by atoms with E-state index in [1.807, 2.05) is 19.9 Å². The largest absolute Gasteiger partial charge is 0.496 e. The van der Waals surface area contributed by atoms with Crippen molar-refractivity contribution in [2.24, 2.45) is 0 Å². The Morgan fingerprint density at radius 1 is 1.26 bits per heavy atom. The number of ether oxygens (including phenoxy) is 2. The average molecular weight is 264 g/mol. The van der Waals surface area contributed by atoms with Gasteiger partial charge in [-0.3, -0.25) is 0 Å². The first-order valence-electron chi connectivity index (χ1n) is 6.91. The van der Waals surface area contributed by atoms with Gasteiger partial charge in [0.2, 0.25) is 0 Å². The lowest BCUT2D eigenvalue weighted by atomic mass is 9.76. The summed E-state index contributed by atoms with van der Waals surface area (Å²) in [7, 11) is 3.38. The summed E-state index contributed by atoms with van der Waals surface area (Å²) in [4.78, 5) is 0. The maximum Gasteiger partial charge on any atom is 0.125 e. The molecule has 2 rings (SSSR count). The van der Waals surface area contributed by atoms with E-state index in [9.17, 15) is 5.11 Å². The van der Waals surface area contributed by atoms with Gasteiger partial charge in [0.15, 0.2) is 0 Å². The first-order chi connectivity index (χ1) is 9.00. The van der Waals surface area contributed by atoms with E-state index in [0.717, 1.165) is 41.7 Å². The van der Waals surface area contributed by atoms with Crippen LogP contribution in [0.4, 0.5) is 0 Å². The van der Waals surface area contributed by atoms with Gasteiger partial charge < -0.3 is 14.6 Å². The number of rotatable bonds is 3. The van der Waals surface area contributed by atoms with E-state index < -0.39 is 5.60 Å². The summed E-state index contributed by atoms with van der Waals surface area (Å²) in [5.41, 5.74) is 2.35. The normalized spacial score (nSPS) is 27.3. The van der Waals surface area contributed by atoms with E-state index in [2.05, 4.69) is 6.07 Å². The van der Waals surface area contributed by atoms with Crippen molar-refractivity contribution >= 4 is 0 Å². The van der Waals surface area contributed by atoms with Gasteiger partial charge in [-0.1, -0.05) is 6.07 Å². The molecule has 0 saturated heterocycles. The first kappa shape index (κ1) is 14.4. The maximum absolute atomic E-state index is 11.1. The number of hydrogen-bond donors (Lipinski definition) is 1. The Morgan fingerprint density at radius 2 is 2.00 bits per heavy atom. The van der Waals surface area contributed by atoms with Crippen LogP contribution in [0.3, 0.4) is 0 Å². The van der Waals surface area contributed by atoms with Gasteiger partial charge >= 0.3 is 0 Å². The third-order valence-electron chi connectivity index (χ3n) is 4.14. The van der Waals surface area contributed by atoms with Gasteiger partial charge in [0.1, 0.15) is 5.75 Å². The van der Waals surface area contributed by atoms with Gasteiger partial charge in [-0.25, -0.2) is 0 Å². The van der Waals surface area contributed by atoms with Crippen LogP contribution in [0.25, 0.3) is 0 Å². The molecule has 0 aliphatic heterocycles. The van der Waals surface area contributed by atoms with Crippen molar-refractivity contribution < 1.29 is 14.6 Å². The molecule has 1 aromatic rings. The van der Waals surface area contributed by atoms with Gasteiger partial charge in [0.05, 0.1) is 18.8 Å². The number of aliphatic hydroxyl groups is 1. The molecule has 1 aliphatic rings. The average Bonchev–Trinajstić information content (AvgIpc) is 2.37. The molecule has 1 saturated carbocycles. The van der Waals surface area contributed by atoms with Crippen molar-refractivity contribution in [3.8, 4) is 5.75 Å². The molecule has 0 bridgehead atoms. The summed E-state index contributed by atoms with van der Waals surface area (Å²) in [6.45, 7) is 4.08. The minimum atomic E-state index is -0.831. The molecule has 0 aromatic heterocycles. The molecule has 0 amide bonds. The molecule has 106 valence electrons. The number of hydrogen-bond acceptors (Lipinski definition) is 3. The number of benzene rings is 1. The second-order valence-electron chi connectivity index (χ2n) is 5.64. The second-order valence-corrected chi connectivity index (χ2v) is 5.64. The third-order valence-corrected chi connectivity index (χ3v) is 4.14. The monoisotopic (exact) mass is 264 g/mol. The zero-order valence-electron chi connectivity index (χ0n) is 12.3. The van der Waals surface area contributed by atoms with Crippen LogP contribution in [0, 0.1) is 13.8 Å². The Kier molecular flexibility index (Phi) is 4.16. The second kappa shape index (κ2) is 5.51. The highest BCUT2D eigenvalue weighted by atomic mass is 16.5. The Labute approximate surface area is 115 Å². The molecule has 0 spiro atoms. The van der Waals surface area contributed by atoms with Crippen LogP contribution in [0.5, 0.6) is 5.75 Å². The van der Waals surface area contributed by atoms with Crippen LogP contribution >= 0.6 is 0 Å². The van der Waals surface area contributed by atoms with E-state index in [1.54, 1.807) is 14.2 Å². The highest BCUT2D eigenvalue weighted by Gasteiger charge is 2.39. The van der Waals surface area contributed by atoms with Crippen molar-refractivity contribution in [1.29, 1.82) is 0 Å². The summed E-state index contributed by atoms with van der Waals surface area (Å²) in [5, 5.41) is 11.1. The molecular weight excluding hydrogens is 240 g/mol. The SMILES string of the molecule is COc1cc(C)cc(C)c1C1(O)CCCC(OC)C1. The zero-order chi connectivity index (χ0) is 14.0. The van der Waals surface area contributed by atoms with E-state index in [-0.39, 0.29) is 6.10 Å². The van der Waals surface area contributed by atoms with Crippen LogP contribution in [-0.4, -0.2) is 25.4 Å². The highest BCUT2D eigenvalue weighted by molar-refractivity contribution is 5.47. The van der Waals surface area contributed by atoms with Crippen LogP contribution in [0.2, 0.25) is 0 Å². The Balaban J connectivity index is 2.44. The predicted molar refractivity (Wildman–Crippen MR) is 75.6 cm³/mol. The minimum absolute atomic E-state index is 0.129. The molecule has 3 heteroatoms. The van der Waals surface area contributed by atoms with E-state index in [1.165, 1.54) is 0 Å². The summed E-state index contributed by atoms with van der Waals surface area (Å²) in [6.07, 6.45) is 3.54. The standard InChI is InChI=1S/C16H24O3/c1-11-8-12(2)15(14(9-11)19-4)16(17)7-5-6-13(10-16)18-3/h8-9,13,17H,5-7,10H2,1-4H3. The molecule has 2 unspecified atom stereocenters. The summed E-state index contributed by atoms with van der Waals surface area (Å²) in [6, 6.07) is 4.10. The van der Waals surface area contributed by atoms with Crippen molar-refractivity contribution in [2.75, 3.05) is 14.2 Å². The number of aryl methyl sites for hydroxylation is 2. The van der Waals surface area contributed by atoms with Crippen molar-refractivity contribution in [3.05, 3.63) is 28.8 Å². The Hall–Kier alpha value is -1.06. The first-order valence-corrected chi connectivity index (χ1v) is 6.91. The lowest BCUT2D eigenvalue weighted by Crippen LogP contribution is -2.36. The third kappa shape index (κ3) is 2.77. The molecule has 1 aliphatic carbocycles. The predicted octanol–water partition coefficient (Wildman–Crippen LogP) is 3.09. The van der Waals surface area contributed by atoms with E-state index in [0.29, 0.717) is 6.42 Å². The maximum atomic E-state index is 11.1.